The Hall–Kier alpha value is -2.05. The average Bonchev–Trinajstić information content (AvgIpc) is 2.88. The summed E-state index contributed by atoms with van der Waals surface area (Å²) >= 11 is 0. The van der Waals surface area contributed by atoms with Crippen molar-refractivity contribution in [3.05, 3.63) is 45.6 Å². The van der Waals surface area contributed by atoms with Crippen molar-refractivity contribution in [1.82, 2.24) is 4.90 Å². The lowest BCUT2D eigenvalue weighted by Gasteiger charge is -2.23. The van der Waals surface area contributed by atoms with Crippen molar-refractivity contribution >= 4 is 11.8 Å². The van der Waals surface area contributed by atoms with Gasteiger partial charge in [0.25, 0.3) is 5.69 Å². The lowest BCUT2D eigenvalue weighted by Crippen LogP contribution is -2.29. The van der Waals surface area contributed by atoms with Crippen LogP contribution in [-0.2, 0) is 0 Å². The Kier molecular flexibility index (Phi) is 3.96. The summed E-state index contributed by atoms with van der Waals surface area (Å²) in [6.07, 6.45) is -2.26. The summed E-state index contributed by atoms with van der Waals surface area (Å²) in [5.41, 5.74) is -1.17. The fourth-order valence-corrected chi connectivity index (χ4v) is 2.23. The van der Waals surface area contributed by atoms with Gasteiger partial charge >= 0.3 is 6.18 Å². The number of benzene rings is 1. The van der Waals surface area contributed by atoms with Crippen LogP contribution in [0, 0.1) is 10.1 Å². The number of alkyl halides is 3. The number of allylic oxidation sites excluding steroid dienone is 1. The van der Waals surface area contributed by atoms with Crippen LogP contribution in [0.1, 0.15) is 18.4 Å². The van der Waals surface area contributed by atoms with Gasteiger partial charge in [0.1, 0.15) is 5.70 Å². The van der Waals surface area contributed by atoms with E-state index in [1.165, 1.54) is 29.2 Å². The highest BCUT2D eigenvalue weighted by Crippen LogP contribution is 2.34. The normalized spacial score (nSPS) is 16.6. The third kappa shape index (κ3) is 3.09. The minimum absolute atomic E-state index is 0.0308. The Morgan fingerprint density at radius 3 is 2.40 bits per heavy atom. The Bertz CT molecular complexity index is 535. The molecule has 7 heteroatoms. The minimum atomic E-state index is -4.52. The minimum Gasteiger partial charge on any atom is -0.368 e. The molecule has 1 heterocycles. The topological polar surface area (TPSA) is 46.4 Å². The number of likely N-dealkylation sites (tertiary alicyclic amines) is 1. The molecule has 2 rings (SSSR count). The molecule has 1 aliphatic heterocycles. The fourth-order valence-electron chi connectivity index (χ4n) is 2.23. The number of nitrogens with zero attached hydrogens (tertiary/aromatic N) is 2. The summed E-state index contributed by atoms with van der Waals surface area (Å²) in [4.78, 5) is 11.4. The lowest BCUT2D eigenvalue weighted by molar-refractivity contribution is -0.385. The summed E-state index contributed by atoms with van der Waals surface area (Å²) in [5, 5.41) is 10.9. The van der Waals surface area contributed by atoms with E-state index in [1.54, 1.807) is 0 Å². The first kappa shape index (κ1) is 14.4. The highest BCUT2D eigenvalue weighted by molar-refractivity contribution is 5.63. The summed E-state index contributed by atoms with van der Waals surface area (Å²) in [6.45, 7) is 0.651. The first-order valence-corrected chi connectivity index (χ1v) is 6.17. The molecular weight excluding hydrogens is 273 g/mol. The maximum absolute atomic E-state index is 13.1. The zero-order valence-corrected chi connectivity index (χ0v) is 10.6. The van der Waals surface area contributed by atoms with Crippen molar-refractivity contribution in [3.63, 3.8) is 0 Å². The van der Waals surface area contributed by atoms with Gasteiger partial charge in [0, 0.05) is 19.2 Å². The van der Waals surface area contributed by atoms with E-state index < -0.39 is 16.8 Å². The number of hydrogen-bond donors (Lipinski definition) is 0. The van der Waals surface area contributed by atoms with E-state index in [4.69, 9.17) is 0 Å². The number of nitro benzene ring substituents is 1. The van der Waals surface area contributed by atoms with Gasteiger partial charge in [0.2, 0.25) is 0 Å². The molecule has 1 saturated heterocycles. The maximum Gasteiger partial charge on any atom is 0.431 e. The first-order chi connectivity index (χ1) is 9.39. The number of nitro groups is 1. The van der Waals surface area contributed by atoms with E-state index in [-0.39, 0.29) is 11.3 Å². The van der Waals surface area contributed by atoms with Crippen molar-refractivity contribution < 1.29 is 18.1 Å². The van der Waals surface area contributed by atoms with Gasteiger partial charge in [-0.15, -0.1) is 0 Å². The molecular formula is C13H13F3N2O2. The van der Waals surface area contributed by atoms with Crippen LogP contribution in [0.3, 0.4) is 0 Å². The van der Waals surface area contributed by atoms with Gasteiger partial charge in [-0.1, -0.05) is 12.1 Å². The van der Waals surface area contributed by atoms with Crippen LogP contribution >= 0.6 is 0 Å². The molecule has 20 heavy (non-hydrogen) atoms. The van der Waals surface area contributed by atoms with Crippen molar-refractivity contribution in [1.29, 1.82) is 0 Å². The van der Waals surface area contributed by atoms with E-state index in [0.29, 0.717) is 25.9 Å². The second-order valence-corrected chi connectivity index (χ2v) is 4.54. The molecule has 1 fully saturated rings. The Balaban J connectivity index is 2.45. The van der Waals surface area contributed by atoms with E-state index in [2.05, 4.69) is 0 Å². The highest BCUT2D eigenvalue weighted by atomic mass is 19.4. The van der Waals surface area contributed by atoms with Crippen molar-refractivity contribution in [2.45, 2.75) is 19.0 Å². The Labute approximate surface area is 113 Å². The quantitative estimate of drug-likeness (QED) is 0.630. The molecule has 1 aliphatic rings. The molecule has 0 aromatic heterocycles. The van der Waals surface area contributed by atoms with Crippen molar-refractivity contribution in [3.8, 4) is 0 Å². The number of hydrogen-bond acceptors (Lipinski definition) is 3. The second kappa shape index (κ2) is 5.52. The summed E-state index contributed by atoms with van der Waals surface area (Å²) in [6, 6.07) is 5.43. The highest BCUT2D eigenvalue weighted by Gasteiger charge is 2.38. The molecule has 0 unspecified atom stereocenters. The van der Waals surface area contributed by atoms with Crippen LogP contribution in [0.2, 0.25) is 0 Å². The molecule has 1 aromatic carbocycles. The molecule has 0 saturated carbocycles. The molecule has 108 valence electrons. The largest absolute Gasteiger partial charge is 0.431 e. The zero-order valence-electron chi connectivity index (χ0n) is 10.6. The molecule has 0 bridgehead atoms. The van der Waals surface area contributed by atoms with Gasteiger partial charge < -0.3 is 4.90 Å². The predicted molar refractivity (Wildman–Crippen MR) is 67.9 cm³/mol. The average molecular weight is 286 g/mol. The first-order valence-electron chi connectivity index (χ1n) is 6.17. The van der Waals surface area contributed by atoms with Gasteiger partial charge in [0.15, 0.2) is 0 Å². The van der Waals surface area contributed by atoms with Gasteiger partial charge in [-0.25, -0.2) is 0 Å². The SMILES string of the molecule is O=[N+]([O-])c1ccccc1/C=C(\N1CCCC1)C(F)(F)F. The van der Waals surface area contributed by atoms with Crippen LogP contribution in [0.15, 0.2) is 30.0 Å². The van der Waals surface area contributed by atoms with Crippen molar-refractivity contribution in [2.75, 3.05) is 13.1 Å². The van der Waals surface area contributed by atoms with Crippen LogP contribution in [-0.4, -0.2) is 29.1 Å². The van der Waals surface area contributed by atoms with Crippen LogP contribution in [0.5, 0.6) is 0 Å². The van der Waals surface area contributed by atoms with Crippen molar-refractivity contribution in [2.24, 2.45) is 0 Å². The third-order valence-corrected chi connectivity index (χ3v) is 3.16. The predicted octanol–water partition coefficient (Wildman–Crippen LogP) is 3.59. The second-order valence-electron chi connectivity index (χ2n) is 4.54. The van der Waals surface area contributed by atoms with E-state index in [0.717, 1.165) is 6.08 Å². The van der Waals surface area contributed by atoms with E-state index in [9.17, 15) is 23.3 Å². The van der Waals surface area contributed by atoms with E-state index in [1.807, 2.05) is 0 Å². The van der Waals surface area contributed by atoms with Gasteiger partial charge in [-0.05, 0) is 25.0 Å². The number of para-hydroxylation sites is 1. The third-order valence-electron chi connectivity index (χ3n) is 3.16. The molecule has 0 N–H and O–H groups in total. The molecule has 4 nitrogen and oxygen atoms in total. The molecule has 0 spiro atoms. The van der Waals surface area contributed by atoms with Crippen LogP contribution in [0.4, 0.5) is 18.9 Å². The zero-order chi connectivity index (χ0) is 14.8. The molecule has 0 radical (unpaired) electrons. The summed E-state index contributed by atoms with van der Waals surface area (Å²) in [7, 11) is 0. The molecule has 0 aliphatic carbocycles. The van der Waals surface area contributed by atoms with Gasteiger partial charge in [-0.2, -0.15) is 13.2 Å². The maximum atomic E-state index is 13.1. The smallest absolute Gasteiger partial charge is 0.368 e. The lowest BCUT2D eigenvalue weighted by atomic mass is 10.1. The fraction of sp³-hybridized carbons (Fsp3) is 0.385. The molecule has 0 atom stereocenters. The summed E-state index contributed by atoms with van der Waals surface area (Å²) < 4.78 is 39.3. The molecule has 0 amide bonds. The monoisotopic (exact) mass is 286 g/mol. The van der Waals surface area contributed by atoms with Crippen LogP contribution < -0.4 is 0 Å². The standard InChI is InChI=1S/C13H13F3N2O2/c14-13(15,16)12(17-7-3-4-8-17)9-10-5-1-2-6-11(10)18(19)20/h1-2,5-6,9H,3-4,7-8H2/b12-9-. The van der Waals surface area contributed by atoms with Gasteiger partial charge in [-0.3, -0.25) is 10.1 Å². The Morgan fingerprint density at radius 1 is 1.25 bits per heavy atom. The number of halogens is 3. The Morgan fingerprint density at radius 2 is 1.85 bits per heavy atom. The van der Waals surface area contributed by atoms with Gasteiger partial charge in [0.05, 0.1) is 10.5 Å². The van der Waals surface area contributed by atoms with Crippen LogP contribution in [0.25, 0.3) is 6.08 Å². The summed E-state index contributed by atoms with van der Waals surface area (Å²) in [5.74, 6) is 0. The van der Waals surface area contributed by atoms with E-state index >= 15 is 0 Å². The number of rotatable bonds is 3. The molecule has 1 aromatic rings.